The van der Waals surface area contributed by atoms with Crippen molar-refractivity contribution < 1.29 is 7.56 Å². The second-order valence-corrected chi connectivity index (χ2v) is 29.7. The normalized spacial score (nSPS) is 12.8. The molecular formula is C18H42O3Sn2. The van der Waals surface area contributed by atoms with Crippen LogP contribution >= 0.6 is 0 Å². The van der Waals surface area contributed by atoms with Crippen molar-refractivity contribution >= 4 is 38.4 Å². The van der Waals surface area contributed by atoms with Crippen molar-refractivity contribution in [3.05, 3.63) is 0 Å². The molecule has 0 aliphatic carbocycles. The maximum absolute atomic E-state index is 7.11. The molecule has 3 nitrogen and oxygen atoms in total. The summed E-state index contributed by atoms with van der Waals surface area (Å²) in [5.74, 6) is 0. The standard InChI is InChI=1S/4C4H9.2CH3O.O.2Sn/c4*1-3-4-2;2*1-2;;;/h4*1,3-4H2,2H3;2*1H3;;;/q;;;;2*-1;;2*+1. The molecule has 0 amide bonds. The molecule has 0 aromatic carbocycles. The molecule has 0 aliphatic rings. The van der Waals surface area contributed by atoms with Gasteiger partial charge in [0.05, 0.1) is 0 Å². The minimum atomic E-state index is -2.97. The molecule has 0 saturated carbocycles. The van der Waals surface area contributed by atoms with Gasteiger partial charge in [0.1, 0.15) is 0 Å². The fourth-order valence-electron chi connectivity index (χ4n) is 3.07. The zero-order valence-corrected chi connectivity index (χ0v) is 22.4. The maximum atomic E-state index is 7.11. The fourth-order valence-corrected chi connectivity index (χ4v) is 44.6. The summed E-state index contributed by atoms with van der Waals surface area (Å²) in [6, 6.07) is 0. The Kier molecular flexibility index (Phi) is 15.6. The number of hydrogen-bond donors (Lipinski definition) is 0. The average molecular weight is 544 g/mol. The monoisotopic (exact) mass is 546 g/mol. The predicted molar refractivity (Wildman–Crippen MR) is 105 cm³/mol. The van der Waals surface area contributed by atoms with Crippen molar-refractivity contribution in [2.75, 3.05) is 14.2 Å². The van der Waals surface area contributed by atoms with Gasteiger partial charge >= 0.3 is 157 Å². The quantitative estimate of drug-likeness (QED) is 0.211. The summed E-state index contributed by atoms with van der Waals surface area (Å²) in [5.41, 5.74) is 0. The molecule has 0 bridgehead atoms. The molecule has 0 heterocycles. The molecule has 0 atom stereocenters. The van der Waals surface area contributed by atoms with Gasteiger partial charge in [0.2, 0.25) is 0 Å². The molecule has 0 aromatic rings. The van der Waals surface area contributed by atoms with Gasteiger partial charge in [-0.15, -0.1) is 0 Å². The molecule has 0 spiro atoms. The van der Waals surface area contributed by atoms with Gasteiger partial charge < -0.3 is 0 Å². The van der Waals surface area contributed by atoms with Crippen molar-refractivity contribution in [2.45, 2.75) is 96.8 Å². The van der Waals surface area contributed by atoms with E-state index in [-0.39, 0.29) is 0 Å². The van der Waals surface area contributed by atoms with E-state index in [2.05, 4.69) is 27.7 Å². The first-order chi connectivity index (χ1) is 11.1. The van der Waals surface area contributed by atoms with E-state index in [0.717, 1.165) is 0 Å². The first-order valence-corrected chi connectivity index (χ1v) is 22.6. The van der Waals surface area contributed by atoms with Crippen molar-refractivity contribution in [1.82, 2.24) is 0 Å². The van der Waals surface area contributed by atoms with E-state index in [0.29, 0.717) is 0 Å². The van der Waals surface area contributed by atoms with Gasteiger partial charge in [-0.05, 0) is 0 Å². The van der Waals surface area contributed by atoms with E-state index >= 15 is 0 Å². The molecule has 0 aromatic heterocycles. The SMILES string of the molecule is CCC[CH2][Sn]([CH2]CCC)([O]C)[O][Sn]([CH2]CCC)([CH2]CCC)[O]C. The van der Waals surface area contributed by atoms with Crippen molar-refractivity contribution in [2.24, 2.45) is 0 Å². The predicted octanol–water partition coefficient (Wildman–Crippen LogP) is 6.38. The Labute approximate surface area is 156 Å². The van der Waals surface area contributed by atoms with Crippen LogP contribution in [0.5, 0.6) is 0 Å². The van der Waals surface area contributed by atoms with Gasteiger partial charge in [-0.2, -0.15) is 0 Å². The van der Waals surface area contributed by atoms with Gasteiger partial charge in [0.25, 0.3) is 0 Å². The van der Waals surface area contributed by atoms with Crippen LogP contribution in [0, 0.1) is 0 Å². The zero-order chi connectivity index (χ0) is 17.6. The van der Waals surface area contributed by atoms with E-state index in [1.807, 2.05) is 14.2 Å². The van der Waals surface area contributed by atoms with Crippen molar-refractivity contribution in [3.8, 4) is 0 Å². The molecular weight excluding hydrogens is 502 g/mol. The van der Waals surface area contributed by atoms with E-state index in [1.54, 1.807) is 0 Å². The summed E-state index contributed by atoms with van der Waals surface area (Å²) in [4.78, 5) is 0. The van der Waals surface area contributed by atoms with Gasteiger partial charge in [0, 0.05) is 0 Å². The van der Waals surface area contributed by atoms with Crippen LogP contribution in [0.4, 0.5) is 0 Å². The summed E-state index contributed by atoms with van der Waals surface area (Å²) in [6.45, 7) is 9.08. The summed E-state index contributed by atoms with van der Waals surface area (Å²) in [5, 5.41) is 0. The molecule has 0 fully saturated rings. The number of rotatable bonds is 16. The Bertz CT molecular complexity index is 233. The van der Waals surface area contributed by atoms with Crippen LogP contribution < -0.4 is 0 Å². The zero-order valence-electron chi connectivity index (χ0n) is 16.7. The van der Waals surface area contributed by atoms with Crippen LogP contribution in [0.3, 0.4) is 0 Å². The topological polar surface area (TPSA) is 27.7 Å². The van der Waals surface area contributed by atoms with Gasteiger partial charge in [-0.3, -0.25) is 0 Å². The van der Waals surface area contributed by atoms with E-state index < -0.39 is 38.4 Å². The Morgan fingerprint density at radius 3 is 0.957 bits per heavy atom. The summed E-state index contributed by atoms with van der Waals surface area (Å²) >= 11 is -5.94. The van der Waals surface area contributed by atoms with Crippen molar-refractivity contribution in [1.29, 1.82) is 0 Å². The van der Waals surface area contributed by atoms with E-state index in [1.165, 1.54) is 69.1 Å². The van der Waals surface area contributed by atoms with Gasteiger partial charge in [-0.25, -0.2) is 0 Å². The van der Waals surface area contributed by atoms with Crippen LogP contribution in [0.25, 0.3) is 0 Å². The molecule has 140 valence electrons. The summed E-state index contributed by atoms with van der Waals surface area (Å²) in [7, 11) is 3.85. The summed E-state index contributed by atoms with van der Waals surface area (Å²) in [6.07, 6.45) is 9.94. The Balaban J connectivity index is 5.24. The molecule has 0 radical (unpaired) electrons. The first kappa shape index (κ1) is 24.5. The molecule has 0 saturated heterocycles. The fraction of sp³-hybridized carbons (Fsp3) is 1.00. The minimum absolute atomic E-state index is 1.21. The molecule has 0 N–H and O–H groups in total. The third-order valence-electron chi connectivity index (χ3n) is 4.76. The third-order valence-corrected chi connectivity index (χ3v) is 38.1. The van der Waals surface area contributed by atoms with E-state index in [9.17, 15) is 0 Å². The number of unbranched alkanes of at least 4 members (excludes halogenated alkanes) is 4. The van der Waals surface area contributed by atoms with Gasteiger partial charge in [0.15, 0.2) is 0 Å². The molecule has 0 rings (SSSR count). The molecule has 0 unspecified atom stereocenters. The molecule has 0 aliphatic heterocycles. The average Bonchev–Trinajstić information content (AvgIpc) is 2.60. The van der Waals surface area contributed by atoms with Crippen LogP contribution in [-0.2, 0) is 7.56 Å². The van der Waals surface area contributed by atoms with E-state index in [4.69, 9.17) is 7.56 Å². The Hall–Kier alpha value is 1.48. The number of hydrogen-bond acceptors (Lipinski definition) is 3. The molecule has 5 heteroatoms. The summed E-state index contributed by atoms with van der Waals surface area (Å²) < 4.78 is 24.4. The van der Waals surface area contributed by atoms with Crippen LogP contribution in [-0.4, -0.2) is 52.6 Å². The van der Waals surface area contributed by atoms with Crippen LogP contribution in [0.1, 0.15) is 79.1 Å². The second kappa shape index (κ2) is 14.6. The second-order valence-electron chi connectivity index (χ2n) is 6.75. The first-order valence-electron chi connectivity index (χ1n) is 9.88. The molecule has 23 heavy (non-hydrogen) atoms. The van der Waals surface area contributed by atoms with Crippen molar-refractivity contribution in [3.63, 3.8) is 0 Å². The van der Waals surface area contributed by atoms with Crippen LogP contribution in [0.2, 0.25) is 17.7 Å². The third kappa shape index (κ3) is 9.66. The van der Waals surface area contributed by atoms with Gasteiger partial charge in [-0.1, -0.05) is 0 Å². The Morgan fingerprint density at radius 2 is 0.783 bits per heavy atom. The van der Waals surface area contributed by atoms with Crippen LogP contribution in [0.15, 0.2) is 0 Å². The Morgan fingerprint density at radius 1 is 0.522 bits per heavy atom.